The highest BCUT2D eigenvalue weighted by atomic mass is 32.2. The zero-order chi connectivity index (χ0) is 32.4. The van der Waals surface area contributed by atoms with Crippen molar-refractivity contribution < 1.29 is 36.8 Å². The third kappa shape index (κ3) is 5.54. The molecule has 2 aromatic carbocycles. The first-order valence-electron chi connectivity index (χ1n) is 15.0. The van der Waals surface area contributed by atoms with Gasteiger partial charge in [-0.3, -0.25) is 14.2 Å². The lowest BCUT2D eigenvalue weighted by atomic mass is 10.1. The van der Waals surface area contributed by atoms with Crippen LogP contribution in [0.25, 0.3) is 21.8 Å². The maximum Gasteiger partial charge on any atom is 0.414 e. The zero-order valence-electron chi connectivity index (χ0n) is 25.8. The fraction of sp³-hybridized carbons (Fsp3) is 0.406. The van der Waals surface area contributed by atoms with E-state index in [9.17, 15) is 27.4 Å². The summed E-state index contributed by atoms with van der Waals surface area (Å²) < 4.78 is 46.2. The van der Waals surface area contributed by atoms with Crippen LogP contribution in [0.3, 0.4) is 0 Å². The van der Waals surface area contributed by atoms with Crippen molar-refractivity contribution in [2.45, 2.75) is 76.9 Å². The summed E-state index contributed by atoms with van der Waals surface area (Å²) in [5.74, 6) is -0.817. The third-order valence-corrected chi connectivity index (χ3v) is 9.08. The molecule has 2 aromatic heterocycles. The van der Waals surface area contributed by atoms with E-state index < -0.39 is 32.7 Å². The number of H-pyrrole nitrogens is 2. The first kappa shape index (κ1) is 30.7. The normalized spacial score (nSPS) is 15.4. The Morgan fingerprint density at radius 3 is 2.29 bits per heavy atom. The number of aromatic amines is 2. The Kier molecular flexibility index (Phi) is 7.44. The summed E-state index contributed by atoms with van der Waals surface area (Å²) >= 11 is 0. The average Bonchev–Trinajstić information content (AvgIpc) is 3.73. The van der Waals surface area contributed by atoms with Gasteiger partial charge in [0.1, 0.15) is 21.9 Å². The van der Waals surface area contributed by atoms with Gasteiger partial charge < -0.3 is 24.3 Å². The smallest absolute Gasteiger partial charge is 0.414 e. The Morgan fingerprint density at radius 1 is 0.956 bits per heavy atom. The number of ether oxygens (including phenoxy) is 2. The molecule has 6 rings (SSSR count). The Morgan fingerprint density at radius 2 is 1.62 bits per heavy atom. The molecular formula is C32H36N4O8S. The number of carbonyl (C=O) groups excluding carboxylic acids is 3. The van der Waals surface area contributed by atoms with Gasteiger partial charge >= 0.3 is 12.1 Å². The SMILES string of the molecule is CCCC(C)OC(=O)c1cc2c3c(ccc2[nH]1)N(C(=O)c1cc2c4c(cc(S(=O)(=O)O)c2[nH]1)N(C(=O)OC(C)(C)C)CC4)CC3. The van der Waals surface area contributed by atoms with E-state index in [1.807, 2.05) is 26.0 Å². The molecule has 0 bridgehead atoms. The van der Waals surface area contributed by atoms with Crippen molar-refractivity contribution in [3.8, 4) is 0 Å². The molecule has 1 unspecified atom stereocenters. The van der Waals surface area contributed by atoms with E-state index in [0.29, 0.717) is 47.4 Å². The van der Waals surface area contributed by atoms with Gasteiger partial charge in [0.2, 0.25) is 0 Å². The second kappa shape index (κ2) is 10.9. The van der Waals surface area contributed by atoms with Crippen LogP contribution >= 0.6 is 0 Å². The number of anilines is 2. The maximum absolute atomic E-state index is 13.9. The molecule has 13 heteroatoms. The van der Waals surface area contributed by atoms with Gasteiger partial charge in [-0.2, -0.15) is 8.42 Å². The topological polar surface area (TPSA) is 162 Å². The molecule has 2 aliphatic rings. The van der Waals surface area contributed by atoms with E-state index in [1.54, 1.807) is 37.8 Å². The molecule has 0 aliphatic carbocycles. The molecule has 4 heterocycles. The summed E-state index contributed by atoms with van der Waals surface area (Å²) in [5.41, 5.74) is 3.12. The van der Waals surface area contributed by atoms with Crippen molar-refractivity contribution in [1.82, 2.24) is 9.97 Å². The molecule has 0 saturated carbocycles. The van der Waals surface area contributed by atoms with E-state index in [-0.39, 0.29) is 29.8 Å². The predicted octanol–water partition coefficient (Wildman–Crippen LogP) is 5.74. The summed E-state index contributed by atoms with van der Waals surface area (Å²) in [6.45, 7) is 9.71. The summed E-state index contributed by atoms with van der Waals surface area (Å²) in [6, 6.07) is 8.20. The van der Waals surface area contributed by atoms with Crippen molar-refractivity contribution in [2.24, 2.45) is 0 Å². The van der Waals surface area contributed by atoms with Gasteiger partial charge in [-0.15, -0.1) is 0 Å². The minimum Gasteiger partial charge on any atom is -0.458 e. The van der Waals surface area contributed by atoms with E-state index in [0.717, 1.165) is 29.3 Å². The molecule has 0 fully saturated rings. The molecule has 4 aromatic rings. The first-order chi connectivity index (χ1) is 21.2. The van der Waals surface area contributed by atoms with Gasteiger partial charge in [0, 0.05) is 35.1 Å². The number of benzene rings is 2. The van der Waals surface area contributed by atoms with Gasteiger partial charge in [0.15, 0.2) is 0 Å². The van der Waals surface area contributed by atoms with Crippen LogP contribution in [0.2, 0.25) is 0 Å². The van der Waals surface area contributed by atoms with Crippen LogP contribution in [-0.4, -0.2) is 65.7 Å². The lowest BCUT2D eigenvalue weighted by molar-refractivity contribution is 0.0317. The number of fused-ring (bicyclic) bond motifs is 6. The fourth-order valence-corrected chi connectivity index (χ4v) is 6.95. The number of rotatable bonds is 6. The van der Waals surface area contributed by atoms with Crippen LogP contribution in [0, 0.1) is 0 Å². The van der Waals surface area contributed by atoms with E-state index in [4.69, 9.17) is 9.47 Å². The maximum atomic E-state index is 13.9. The average molecular weight is 637 g/mol. The number of nitrogens with zero attached hydrogens (tertiary/aromatic N) is 2. The highest BCUT2D eigenvalue weighted by Crippen LogP contribution is 2.41. The second-order valence-electron chi connectivity index (χ2n) is 12.6. The van der Waals surface area contributed by atoms with E-state index in [2.05, 4.69) is 9.97 Å². The van der Waals surface area contributed by atoms with Gasteiger partial charge in [-0.05, 0) is 88.4 Å². The predicted molar refractivity (Wildman–Crippen MR) is 169 cm³/mol. The molecule has 2 aliphatic heterocycles. The van der Waals surface area contributed by atoms with Gasteiger partial charge in [0.25, 0.3) is 16.0 Å². The number of nitrogens with one attached hydrogen (secondary N) is 2. The van der Waals surface area contributed by atoms with Gasteiger partial charge in [-0.1, -0.05) is 13.3 Å². The quantitative estimate of drug-likeness (QED) is 0.178. The van der Waals surface area contributed by atoms with Crippen LogP contribution in [0.15, 0.2) is 35.2 Å². The molecular weight excluding hydrogens is 600 g/mol. The molecule has 3 N–H and O–H groups in total. The minimum atomic E-state index is -4.73. The molecule has 238 valence electrons. The number of carbonyl (C=O) groups is 3. The summed E-state index contributed by atoms with van der Waals surface area (Å²) in [7, 11) is -4.73. The Bertz CT molecular complexity index is 1990. The fourth-order valence-electron chi connectivity index (χ4n) is 6.27. The van der Waals surface area contributed by atoms with Crippen molar-refractivity contribution >= 4 is 61.3 Å². The van der Waals surface area contributed by atoms with Crippen LogP contribution in [-0.2, 0) is 32.4 Å². The number of esters is 1. The van der Waals surface area contributed by atoms with Crippen LogP contribution in [0.1, 0.15) is 79.6 Å². The molecule has 45 heavy (non-hydrogen) atoms. The first-order valence-corrected chi connectivity index (χ1v) is 16.4. The number of aromatic nitrogens is 2. The standard InChI is InChI=1S/C32H36N4O8S/c1-6-7-17(2)43-30(38)24-14-20-18-10-12-35(25(18)9-8-22(20)33-24)29(37)23-15-21-19-11-13-36(31(39)44-32(3,4)5)26(19)16-27(28(21)34-23)45(40,41)42/h8-9,14-17,33-34H,6-7,10-13H2,1-5H3,(H,40,41,42). The van der Waals surface area contributed by atoms with Crippen molar-refractivity contribution in [1.29, 1.82) is 0 Å². The number of amides is 2. The molecule has 2 amide bonds. The largest absolute Gasteiger partial charge is 0.458 e. The highest BCUT2D eigenvalue weighted by Gasteiger charge is 2.35. The zero-order valence-corrected chi connectivity index (χ0v) is 26.6. The van der Waals surface area contributed by atoms with E-state index in [1.165, 1.54) is 11.0 Å². The summed E-state index contributed by atoms with van der Waals surface area (Å²) in [4.78, 5) is 48.2. The monoisotopic (exact) mass is 636 g/mol. The molecule has 0 spiro atoms. The summed E-state index contributed by atoms with van der Waals surface area (Å²) in [5, 5.41) is 1.25. The minimum absolute atomic E-state index is 0.0894. The highest BCUT2D eigenvalue weighted by molar-refractivity contribution is 7.86. The lowest BCUT2D eigenvalue weighted by Crippen LogP contribution is -2.35. The van der Waals surface area contributed by atoms with Gasteiger partial charge in [-0.25, -0.2) is 9.59 Å². The van der Waals surface area contributed by atoms with Crippen molar-refractivity contribution in [2.75, 3.05) is 22.9 Å². The lowest BCUT2D eigenvalue weighted by Gasteiger charge is -2.25. The Labute approximate surface area is 260 Å². The number of hydrogen-bond acceptors (Lipinski definition) is 7. The third-order valence-electron chi connectivity index (χ3n) is 8.20. The number of hydrogen-bond donors (Lipinski definition) is 3. The van der Waals surface area contributed by atoms with Gasteiger partial charge in [0.05, 0.1) is 17.3 Å². The Balaban J connectivity index is 1.35. The van der Waals surface area contributed by atoms with E-state index >= 15 is 0 Å². The summed E-state index contributed by atoms with van der Waals surface area (Å²) in [6.07, 6.45) is 1.79. The van der Waals surface area contributed by atoms with Crippen molar-refractivity contribution in [3.63, 3.8) is 0 Å². The van der Waals surface area contributed by atoms with Crippen molar-refractivity contribution in [3.05, 3.63) is 52.8 Å². The second-order valence-corrected chi connectivity index (χ2v) is 14.0. The molecule has 0 radical (unpaired) electrons. The van der Waals surface area contributed by atoms with Crippen LogP contribution in [0.4, 0.5) is 16.2 Å². The van der Waals surface area contributed by atoms with Crippen LogP contribution in [0.5, 0.6) is 0 Å². The van der Waals surface area contributed by atoms with Crippen LogP contribution < -0.4 is 9.80 Å². The molecule has 0 saturated heterocycles. The molecule has 1 atom stereocenters. The molecule has 12 nitrogen and oxygen atoms in total. The Hall–Kier alpha value is -4.36.